The van der Waals surface area contributed by atoms with Crippen molar-refractivity contribution in [2.24, 2.45) is 17.8 Å². The second-order valence-corrected chi connectivity index (χ2v) is 21.0. The van der Waals surface area contributed by atoms with Crippen LogP contribution in [0.3, 0.4) is 0 Å². The Bertz CT molecular complexity index is 3730. The molecule has 395 valence electrons. The Hall–Kier alpha value is -6.54. The van der Waals surface area contributed by atoms with Crippen LogP contribution in [0.25, 0.3) is 87.9 Å². The van der Waals surface area contributed by atoms with Crippen LogP contribution in [0.15, 0.2) is 136 Å². The summed E-state index contributed by atoms with van der Waals surface area (Å²) in [5.41, 5.74) is 12.5. The topological polar surface area (TPSA) is 89.4 Å². The number of halogens is 2. The van der Waals surface area contributed by atoms with Gasteiger partial charge in [0.05, 0.1) is 16.9 Å². The van der Waals surface area contributed by atoms with Gasteiger partial charge in [-0.1, -0.05) is 150 Å². The van der Waals surface area contributed by atoms with Gasteiger partial charge in [-0.15, -0.1) is 35.4 Å². The first kappa shape index (κ1) is 55.7. The van der Waals surface area contributed by atoms with E-state index in [1.54, 1.807) is 6.20 Å². The van der Waals surface area contributed by atoms with Crippen LogP contribution in [0.4, 0.5) is 8.78 Å². The molecule has 76 heavy (non-hydrogen) atoms. The SMILES string of the molecule is CCC(CC)C(=O)/C=C(\O)C(CC)CC.Cc1[c-]c(-c2ncc(C)c3cc(CC(C)C)ccc23)c2oc3ccccc3c2c1.Cc1[c-]c(-c2nccc3cc(C4CCC(F)(F)C4)ccc23)c2oc3ccccc3c2c1.[Ir]. The molecule has 0 amide bonds. The van der Waals surface area contributed by atoms with Crippen LogP contribution in [0.2, 0.25) is 0 Å². The van der Waals surface area contributed by atoms with Crippen LogP contribution in [0.1, 0.15) is 120 Å². The fourth-order valence-corrected chi connectivity index (χ4v) is 11.0. The first-order valence-corrected chi connectivity index (χ1v) is 26.9. The number of rotatable bonds is 12. The maximum Gasteiger partial charge on any atom is 0.248 e. The third-order valence-electron chi connectivity index (χ3n) is 15.1. The summed E-state index contributed by atoms with van der Waals surface area (Å²) in [6.07, 6.45) is 10.2. The third kappa shape index (κ3) is 11.7. The summed E-state index contributed by atoms with van der Waals surface area (Å²) in [5, 5.41) is 18.5. The number of alkyl halides is 2. The Morgan fingerprint density at radius 3 is 1.82 bits per heavy atom. The molecule has 4 aromatic heterocycles. The zero-order chi connectivity index (χ0) is 53.1. The first-order valence-electron chi connectivity index (χ1n) is 26.9. The molecule has 6 aromatic carbocycles. The Balaban J connectivity index is 0.000000160. The van der Waals surface area contributed by atoms with Crippen LogP contribution in [-0.4, -0.2) is 26.8 Å². The zero-order valence-corrected chi connectivity index (χ0v) is 47.6. The monoisotopic (exact) mass is 1200 g/mol. The molecule has 4 heterocycles. The van der Waals surface area contributed by atoms with E-state index in [9.17, 15) is 18.7 Å². The summed E-state index contributed by atoms with van der Waals surface area (Å²) in [5.74, 6) is -1.46. The van der Waals surface area contributed by atoms with Gasteiger partial charge >= 0.3 is 0 Å². The summed E-state index contributed by atoms with van der Waals surface area (Å²) in [6.45, 7) is 18.8. The molecule has 9 heteroatoms. The van der Waals surface area contributed by atoms with Gasteiger partial charge in [0.15, 0.2) is 5.78 Å². The molecule has 1 saturated carbocycles. The second kappa shape index (κ2) is 23.8. The minimum absolute atomic E-state index is 0. The number of para-hydroxylation sites is 2. The number of aliphatic hydroxyl groups is 1. The Kier molecular flexibility index (Phi) is 17.4. The second-order valence-electron chi connectivity index (χ2n) is 21.0. The number of pyridine rings is 2. The van der Waals surface area contributed by atoms with E-state index in [1.165, 1.54) is 22.6 Å². The number of allylic oxidation sites excluding steroid dienone is 2. The minimum Gasteiger partial charge on any atom is -0.512 e. The molecule has 1 atom stereocenters. The van der Waals surface area contributed by atoms with Gasteiger partial charge < -0.3 is 23.9 Å². The summed E-state index contributed by atoms with van der Waals surface area (Å²) in [7, 11) is 0. The summed E-state index contributed by atoms with van der Waals surface area (Å²) in [4.78, 5) is 21.2. The summed E-state index contributed by atoms with van der Waals surface area (Å²) < 4.78 is 40.0. The fourth-order valence-electron chi connectivity index (χ4n) is 11.0. The van der Waals surface area contributed by atoms with Gasteiger partial charge in [0.2, 0.25) is 5.92 Å². The van der Waals surface area contributed by atoms with Crippen molar-refractivity contribution in [3.63, 3.8) is 0 Å². The van der Waals surface area contributed by atoms with Crippen LogP contribution >= 0.6 is 0 Å². The number of carbonyl (C=O) groups excluding carboxylic acids is 1. The van der Waals surface area contributed by atoms with Gasteiger partial charge in [0.1, 0.15) is 11.2 Å². The number of ketones is 1. The molecule has 1 radical (unpaired) electrons. The molecule has 1 fully saturated rings. The zero-order valence-electron chi connectivity index (χ0n) is 45.2. The van der Waals surface area contributed by atoms with Crippen molar-refractivity contribution in [3.8, 4) is 22.5 Å². The fraction of sp³-hybridized carbons (Fsp3) is 0.328. The summed E-state index contributed by atoms with van der Waals surface area (Å²) in [6, 6.07) is 42.2. The van der Waals surface area contributed by atoms with Crippen LogP contribution in [0.5, 0.6) is 0 Å². The standard InChI is InChI=1S/C27H20F2NO.C27H24NO.C13H24O2.Ir/c1-16-12-22-21-4-2-3-5-24(21)31-26(22)23(13-16)25-20-7-6-17(14-18(20)9-11-30-25)19-8-10-27(28,29)15-19;1-16(2)11-19-9-10-21-22(14-19)18(4)15-28-26(21)24-13-17(3)12-23-20-7-5-6-8-25(20)29-27(23)24;1-5-10(6-2)12(14)9-13(15)11(7-3)8-4;/h2-7,9,11-12,14,19H,8,10,15H2,1H3;5-10,12,14-16H,11H2,1-4H3;9-11,14H,5-8H2,1-4H3;/q2*-1;;/b;;12-9-;. The predicted octanol–water partition coefficient (Wildman–Crippen LogP) is 19.1. The molecule has 11 rings (SSSR count). The number of benzene rings is 6. The van der Waals surface area contributed by atoms with E-state index in [-0.39, 0.29) is 62.2 Å². The molecular weight excluding hydrogens is 1130 g/mol. The van der Waals surface area contributed by atoms with Gasteiger partial charge in [-0.3, -0.25) is 4.79 Å². The average molecular weight is 1200 g/mol. The van der Waals surface area contributed by atoms with Crippen molar-refractivity contribution in [1.29, 1.82) is 0 Å². The number of hydrogen-bond donors (Lipinski definition) is 1. The maximum absolute atomic E-state index is 13.7. The van der Waals surface area contributed by atoms with E-state index >= 15 is 0 Å². The van der Waals surface area contributed by atoms with Gasteiger partial charge in [-0.2, -0.15) is 0 Å². The quantitative estimate of drug-likeness (QED) is 0.0745. The molecule has 0 bridgehead atoms. The number of aryl methyl sites for hydroxylation is 3. The minimum atomic E-state index is -2.55. The van der Waals surface area contributed by atoms with Crippen molar-refractivity contribution in [2.45, 2.75) is 126 Å². The normalized spacial score (nSPS) is 14.5. The molecule has 1 N–H and O–H groups in total. The Labute approximate surface area is 459 Å². The van der Waals surface area contributed by atoms with Crippen molar-refractivity contribution >= 4 is 71.2 Å². The van der Waals surface area contributed by atoms with Crippen molar-refractivity contribution in [3.05, 3.63) is 167 Å². The number of hydrogen-bond acceptors (Lipinski definition) is 6. The average Bonchev–Trinajstić information content (AvgIpc) is 4.11. The number of aromatic nitrogens is 2. The molecule has 1 aliphatic carbocycles. The first-order chi connectivity index (χ1) is 36.1. The molecule has 0 saturated heterocycles. The molecule has 6 nitrogen and oxygen atoms in total. The number of aliphatic hydroxyl groups excluding tert-OH is 1. The van der Waals surface area contributed by atoms with Crippen LogP contribution in [-0.2, 0) is 31.3 Å². The van der Waals surface area contributed by atoms with Crippen LogP contribution < -0.4 is 0 Å². The number of fused-ring (bicyclic) bond motifs is 8. The molecular formula is C67H68F2IrN2O4-2. The molecule has 0 spiro atoms. The van der Waals surface area contributed by atoms with Gasteiger partial charge in [-0.05, 0) is 125 Å². The Morgan fingerprint density at radius 1 is 0.697 bits per heavy atom. The van der Waals surface area contributed by atoms with Crippen LogP contribution in [0, 0.1) is 50.7 Å². The maximum atomic E-state index is 13.7. The smallest absolute Gasteiger partial charge is 0.248 e. The number of furan rings is 2. The van der Waals surface area contributed by atoms with E-state index in [2.05, 4.69) is 93.3 Å². The van der Waals surface area contributed by atoms with Gasteiger partial charge in [-0.25, -0.2) is 8.78 Å². The van der Waals surface area contributed by atoms with Gasteiger partial charge in [0, 0.05) is 74.0 Å². The van der Waals surface area contributed by atoms with E-state index in [4.69, 9.17) is 13.8 Å². The van der Waals surface area contributed by atoms with E-state index < -0.39 is 5.92 Å². The molecule has 0 aliphatic heterocycles. The number of nitrogens with zero attached hydrogens (tertiary/aromatic N) is 2. The largest absolute Gasteiger partial charge is 0.512 e. The van der Waals surface area contributed by atoms with Crippen molar-refractivity contribution in [1.82, 2.24) is 9.97 Å². The van der Waals surface area contributed by atoms with Crippen molar-refractivity contribution in [2.75, 3.05) is 0 Å². The van der Waals surface area contributed by atoms with E-state index in [1.807, 2.05) is 95.4 Å². The van der Waals surface area contributed by atoms with E-state index in [0.29, 0.717) is 12.3 Å². The number of carbonyl (C=O) groups is 1. The molecule has 10 aromatic rings. The molecule has 1 unspecified atom stereocenters. The third-order valence-corrected chi connectivity index (χ3v) is 15.1. The van der Waals surface area contributed by atoms with E-state index in [0.717, 1.165) is 131 Å². The van der Waals surface area contributed by atoms with Crippen molar-refractivity contribution < 1.29 is 47.6 Å². The summed E-state index contributed by atoms with van der Waals surface area (Å²) >= 11 is 0. The predicted molar refractivity (Wildman–Crippen MR) is 305 cm³/mol. The molecule has 1 aliphatic rings. The van der Waals surface area contributed by atoms with Gasteiger partial charge in [0.25, 0.3) is 0 Å². The Morgan fingerprint density at radius 2 is 1.26 bits per heavy atom.